The van der Waals surface area contributed by atoms with Gasteiger partial charge in [-0.15, -0.1) is 0 Å². The number of rotatable bonds is 5. The molecule has 4 N–H and O–H groups in total. The van der Waals surface area contributed by atoms with E-state index < -0.39 is 11.9 Å². The highest BCUT2D eigenvalue weighted by atomic mass is 16.1. The molecule has 1 rings (SSSR count). The molecule has 1 heterocycles. The molecular weight excluding hydrogens is 202 g/mol. The first kappa shape index (κ1) is 12.6. The van der Waals surface area contributed by atoms with Crippen molar-refractivity contribution in [2.24, 2.45) is 16.9 Å². The first-order chi connectivity index (χ1) is 7.41. The van der Waals surface area contributed by atoms with E-state index in [2.05, 4.69) is 18.8 Å². The van der Waals surface area contributed by atoms with Gasteiger partial charge in [-0.2, -0.15) is 0 Å². The van der Waals surface area contributed by atoms with Gasteiger partial charge in [-0.1, -0.05) is 13.8 Å². The summed E-state index contributed by atoms with van der Waals surface area (Å²) in [7, 11) is 0. The van der Waals surface area contributed by atoms with Crippen molar-refractivity contribution in [3.63, 3.8) is 0 Å². The number of hydrogen-bond donors (Lipinski definition) is 2. The van der Waals surface area contributed by atoms with E-state index >= 15 is 0 Å². The molecule has 1 atom stereocenters. The van der Waals surface area contributed by atoms with Crippen LogP contribution in [0, 0.1) is 5.41 Å². The van der Waals surface area contributed by atoms with Crippen LogP contribution in [0.5, 0.6) is 0 Å². The molecule has 1 aromatic heterocycles. The Kier molecular flexibility index (Phi) is 4.01. The minimum absolute atomic E-state index is 0.0458. The largest absolute Gasteiger partial charge is 0.368 e. The van der Waals surface area contributed by atoms with Gasteiger partial charge in [-0.25, -0.2) is 0 Å². The fourth-order valence-corrected chi connectivity index (χ4v) is 1.82. The molecule has 0 unspecified atom stereocenters. The van der Waals surface area contributed by atoms with Crippen molar-refractivity contribution in [2.45, 2.75) is 32.7 Å². The van der Waals surface area contributed by atoms with Crippen LogP contribution < -0.4 is 11.5 Å². The van der Waals surface area contributed by atoms with Crippen LogP contribution in [-0.4, -0.2) is 16.9 Å². The Morgan fingerprint density at radius 2 is 2.00 bits per heavy atom. The zero-order valence-electron chi connectivity index (χ0n) is 9.81. The van der Waals surface area contributed by atoms with Crippen LogP contribution in [0.15, 0.2) is 24.5 Å². The highest BCUT2D eigenvalue weighted by Gasteiger charge is 2.24. The van der Waals surface area contributed by atoms with E-state index in [0.717, 1.165) is 6.42 Å². The predicted octanol–water partition coefficient (Wildman–Crippen LogP) is 0.853. The molecule has 0 bridgehead atoms. The molecule has 0 spiro atoms. The lowest BCUT2D eigenvalue weighted by Crippen LogP contribution is -2.40. The minimum Gasteiger partial charge on any atom is -0.368 e. The number of hydrogen-bond acceptors (Lipinski definition) is 3. The molecule has 4 heteroatoms. The van der Waals surface area contributed by atoms with E-state index in [4.69, 9.17) is 11.5 Å². The summed E-state index contributed by atoms with van der Waals surface area (Å²) in [6.07, 6.45) is 4.97. The molecule has 88 valence electrons. The Labute approximate surface area is 96.0 Å². The van der Waals surface area contributed by atoms with Crippen LogP contribution in [-0.2, 0) is 11.2 Å². The minimum atomic E-state index is -0.572. The lowest BCUT2D eigenvalue weighted by Gasteiger charge is -2.26. The van der Waals surface area contributed by atoms with E-state index in [1.807, 2.05) is 12.1 Å². The standard InChI is InChI=1S/C12H19N3O/c1-12(2,8-10(13)11(14)16)7-9-3-5-15-6-4-9/h3-6,10H,7-8,13H2,1-2H3,(H2,14,16)/t10-/m0/s1. The molecule has 0 aliphatic rings. The number of primary amides is 1. The van der Waals surface area contributed by atoms with Gasteiger partial charge in [-0.05, 0) is 36.0 Å². The first-order valence-electron chi connectivity index (χ1n) is 5.34. The van der Waals surface area contributed by atoms with E-state index in [1.54, 1.807) is 12.4 Å². The average molecular weight is 221 g/mol. The van der Waals surface area contributed by atoms with Crippen LogP contribution in [0.3, 0.4) is 0 Å². The van der Waals surface area contributed by atoms with E-state index in [1.165, 1.54) is 5.56 Å². The Bertz CT molecular complexity index is 349. The maximum absolute atomic E-state index is 10.9. The van der Waals surface area contributed by atoms with Gasteiger partial charge in [0.1, 0.15) is 0 Å². The second kappa shape index (κ2) is 5.07. The number of nitrogens with two attached hydrogens (primary N) is 2. The van der Waals surface area contributed by atoms with Crippen molar-refractivity contribution in [3.05, 3.63) is 30.1 Å². The van der Waals surface area contributed by atoms with Gasteiger partial charge < -0.3 is 11.5 Å². The SMILES string of the molecule is CC(C)(Cc1ccncc1)C[C@H](N)C(N)=O. The summed E-state index contributed by atoms with van der Waals surface area (Å²) in [6, 6.07) is 3.37. The summed E-state index contributed by atoms with van der Waals surface area (Å²) < 4.78 is 0. The van der Waals surface area contributed by atoms with Crippen molar-refractivity contribution in [3.8, 4) is 0 Å². The van der Waals surface area contributed by atoms with Gasteiger partial charge in [0.05, 0.1) is 6.04 Å². The smallest absolute Gasteiger partial charge is 0.234 e. The van der Waals surface area contributed by atoms with Crippen LogP contribution in [0.2, 0.25) is 0 Å². The van der Waals surface area contributed by atoms with Crippen molar-refractivity contribution in [1.82, 2.24) is 4.98 Å². The lowest BCUT2D eigenvalue weighted by molar-refractivity contribution is -0.119. The number of carbonyl (C=O) groups excluding carboxylic acids is 1. The zero-order valence-corrected chi connectivity index (χ0v) is 9.81. The zero-order chi connectivity index (χ0) is 12.2. The van der Waals surface area contributed by atoms with Crippen molar-refractivity contribution in [1.29, 1.82) is 0 Å². The molecule has 1 aromatic rings. The van der Waals surface area contributed by atoms with Crippen molar-refractivity contribution < 1.29 is 4.79 Å². The maximum atomic E-state index is 10.9. The molecule has 0 saturated carbocycles. The normalized spacial score (nSPS) is 13.4. The Morgan fingerprint density at radius 3 is 2.50 bits per heavy atom. The average Bonchev–Trinajstić information content (AvgIpc) is 2.17. The summed E-state index contributed by atoms with van der Waals surface area (Å²) in [5.41, 5.74) is 12.0. The molecule has 0 radical (unpaired) electrons. The summed E-state index contributed by atoms with van der Waals surface area (Å²) in [5.74, 6) is -0.442. The Balaban J connectivity index is 2.61. The Morgan fingerprint density at radius 1 is 1.44 bits per heavy atom. The molecule has 0 aliphatic heterocycles. The topological polar surface area (TPSA) is 82.0 Å². The third-order valence-electron chi connectivity index (χ3n) is 2.57. The van der Waals surface area contributed by atoms with Crippen LogP contribution in [0.4, 0.5) is 0 Å². The molecule has 16 heavy (non-hydrogen) atoms. The highest BCUT2D eigenvalue weighted by molar-refractivity contribution is 5.79. The molecule has 0 aliphatic carbocycles. The summed E-state index contributed by atoms with van der Waals surface area (Å²) >= 11 is 0. The summed E-state index contributed by atoms with van der Waals surface area (Å²) in [6.45, 7) is 4.16. The van der Waals surface area contributed by atoms with Crippen LogP contribution >= 0.6 is 0 Å². The van der Waals surface area contributed by atoms with Gasteiger partial charge in [-0.3, -0.25) is 9.78 Å². The third-order valence-corrected chi connectivity index (χ3v) is 2.57. The van der Waals surface area contributed by atoms with Crippen LogP contribution in [0.25, 0.3) is 0 Å². The first-order valence-corrected chi connectivity index (χ1v) is 5.34. The van der Waals surface area contributed by atoms with Gasteiger partial charge in [0, 0.05) is 12.4 Å². The second-order valence-electron chi connectivity index (χ2n) is 4.91. The van der Waals surface area contributed by atoms with E-state index in [-0.39, 0.29) is 5.41 Å². The predicted molar refractivity (Wildman–Crippen MR) is 63.5 cm³/mol. The Hall–Kier alpha value is -1.42. The monoisotopic (exact) mass is 221 g/mol. The van der Waals surface area contributed by atoms with Gasteiger partial charge in [0.25, 0.3) is 0 Å². The number of aromatic nitrogens is 1. The maximum Gasteiger partial charge on any atom is 0.234 e. The van der Waals surface area contributed by atoms with E-state index in [0.29, 0.717) is 6.42 Å². The molecule has 0 fully saturated rings. The van der Waals surface area contributed by atoms with Gasteiger partial charge in [0.2, 0.25) is 5.91 Å². The quantitative estimate of drug-likeness (QED) is 0.773. The molecular formula is C12H19N3O. The number of amides is 1. The number of carbonyl (C=O) groups is 1. The fraction of sp³-hybridized carbons (Fsp3) is 0.500. The lowest BCUT2D eigenvalue weighted by atomic mass is 9.80. The fourth-order valence-electron chi connectivity index (χ4n) is 1.82. The molecule has 1 amide bonds. The molecule has 0 saturated heterocycles. The van der Waals surface area contributed by atoms with Crippen molar-refractivity contribution >= 4 is 5.91 Å². The summed E-state index contributed by atoms with van der Waals surface area (Å²) in [5, 5.41) is 0. The number of nitrogens with zero attached hydrogens (tertiary/aromatic N) is 1. The van der Waals surface area contributed by atoms with Gasteiger partial charge in [0.15, 0.2) is 0 Å². The highest BCUT2D eigenvalue weighted by Crippen LogP contribution is 2.26. The van der Waals surface area contributed by atoms with Crippen LogP contribution in [0.1, 0.15) is 25.8 Å². The van der Waals surface area contributed by atoms with Gasteiger partial charge >= 0.3 is 0 Å². The molecule has 4 nitrogen and oxygen atoms in total. The number of pyridine rings is 1. The second-order valence-corrected chi connectivity index (χ2v) is 4.91. The molecule has 0 aromatic carbocycles. The van der Waals surface area contributed by atoms with Crippen molar-refractivity contribution in [2.75, 3.05) is 0 Å². The summed E-state index contributed by atoms with van der Waals surface area (Å²) in [4.78, 5) is 14.9. The van der Waals surface area contributed by atoms with E-state index in [9.17, 15) is 4.79 Å². The third kappa shape index (κ3) is 3.98.